The monoisotopic (exact) mass is 145 g/mol. The minimum atomic E-state index is -0.390. The summed E-state index contributed by atoms with van der Waals surface area (Å²) in [6.45, 7) is 4.56. The van der Waals surface area contributed by atoms with E-state index in [1.165, 1.54) is 0 Å². The van der Waals surface area contributed by atoms with Crippen molar-refractivity contribution in [2.45, 2.75) is 32.1 Å². The molecule has 0 aromatic heterocycles. The summed E-state index contributed by atoms with van der Waals surface area (Å²) in [5.74, 6) is 0.0555. The Morgan fingerprint density at radius 3 is 2.50 bits per heavy atom. The Kier molecular flexibility index (Phi) is 2.28. The number of hydrogen-bond donors (Lipinski definition) is 3. The molecule has 3 nitrogen and oxygen atoms in total. The Labute approximate surface area is 61.1 Å². The SMILES string of the molecule is CCNC1C(O)C1C(C)O. The normalized spacial score (nSPS) is 41.4. The Balaban J connectivity index is 2.27. The summed E-state index contributed by atoms with van der Waals surface area (Å²) >= 11 is 0. The van der Waals surface area contributed by atoms with Gasteiger partial charge in [0.25, 0.3) is 0 Å². The number of nitrogens with one attached hydrogen (secondary N) is 1. The molecule has 3 heteroatoms. The van der Waals surface area contributed by atoms with Gasteiger partial charge in [0, 0.05) is 12.0 Å². The molecule has 0 spiro atoms. The van der Waals surface area contributed by atoms with E-state index in [-0.39, 0.29) is 24.2 Å². The van der Waals surface area contributed by atoms with Crippen LogP contribution >= 0.6 is 0 Å². The molecule has 0 bridgehead atoms. The van der Waals surface area contributed by atoms with Crippen molar-refractivity contribution in [1.29, 1.82) is 0 Å². The molecule has 0 heterocycles. The summed E-state index contributed by atoms with van der Waals surface area (Å²) in [5.41, 5.74) is 0. The number of likely N-dealkylation sites (N-methyl/N-ethyl adjacent to an activating group) is 1. The van der Waals surface area contributed by atoms with Crippen molar-refractivity contribution >= 4 is 0 Å². The van der Waals surface area contributed by atoms with Crippen molar-refractivity contribution < 1.29 is 10.2 Å². The molecule has 0 aromatic rings. The summed E-state index contributed by atoms with van der Waals surface area (Å²) < 4.78 is 0. The molecule has 10 heavy (non-hydrogen) atoms. The molecule has 0 aromatic carbocycles. The number of rotatable bonds is 3. The van der Waals surface area contributed by atoms with Gasteiger partial charge in [-0.25, -0.2) is 0 Å². The summed E-state index contributed by atoms with van der Waals surface area (Å²) in [6, 6.07) is 0.130. The van der Waals surface area contributed by atoms with Gasteiger partial charge in [0.05, 0.1) is 12.2 Å². The predicted octanol–water partition coefficient (Wildman–Crippen LogP) is -0.664. The van der Waals surface area contributed by atoms with Crippen LogP contribution in [0.4, 0.5) is 0 Å². The van der Waals surface area contributed by atoms with Crippen LogP contribution in [0.3, 0.4) is 0 Å². The molecule has 4 unspecified atom stereocenters. The van der Waals surface area contributed by atoms with Gasteiger partial charge in [-0.2, -0.15) is 0 Å². The fourth-order valence-corrected chi connectivity index (χ4v) is 1.40. The maximum Gasteiger partial charge on any atom is 0.0766 e. The molecular formula is C7H15NO2. The van der Waals surface area contributed by atoms with Crippen LogP contribution in [0.25, 0.3) is 0 Å². The first-order valence-corrected chi connectivity index (χ1v) is 3.78. The van der Waals surface area contributed by atoms with Gasteiger partial charge in [-0.15, -0.1) is 0 Å². The summed E-state index contributed by atoms with van der Waals surface area (Å²) in [4.78, 5) is 0. The van der Waals surface area contributed by atoms with Crippen molar-refractivity contribution in [2.75, 3.05) is 6.54 Å². The van der Waals surface area contributed by atoms with E-state index in [1.807, 2.05) is 6.92 Å². The molecule has 1 saturated carbocycles. The van der Waals surface area contributed by atoms with Crippen LogP contribution in [0.1, 0.15) is 13.8 Å². The van der Waals surface area contributed by atoms with Gasteiger partial charge in [-0.3, -0.25) is 0 Å². The van der Waals surface area contributed by atoms with Gasteiger partial charge in [-0.05, 0) is 13.5 Å². The smallest absolute Gasteiger partial charge is 0.0766 e. The van der Waals surface area contributed by atoms with E-state index in [0.717, 1.165) is 6.54 Å². The van der Waals surface area contributed by atoms with E-state index in [2.05, 4.69) is 5.32 Å². The largest absolute Gasteiger partial charge is 0.393 e. The molecule has 1 aliphatic rings. The lowest BCUT2D eigenvalue weighted by atomic mass is 10.2. The molecule has 60 valence electrons. The summed E-state index contributed by atoms with van der Waals surface area (Å²) in [5, 5.41) is 21.3. The zero-order valence-corrected chi connectivity index (χ0v) is 6.41. The van der Waals surface area contributed by atoms with Crippen LogP contribution in [0.2, 0.25) is 0 Å². The lowest BCUT2D eigenvalue weighted by Gasteiger charge is -2.00. The van der Waals surface area contributed by atoms with Crippen molar-refractivity contribution in [3.8, 4) is 0 Å². The Morgan fingerprint density at radius 1 is 1.60 bits per heavy atom. The highest BCUT2D eigenvalue weighted by Crippen LogP contribution is 2.33. The van der Waals surface area contributed by atoms with Gasteiger partial charge in [-0.1, -0.05) is 6.92 Å². The summed E-state index contributed by atoms with van der Waals surface area (Å²) in [6.07, 6.45) is -0.723. The standard InChI is InChI=1S/C7H15NO2/c1-3-8-6-5(4(2)9)7(6)10/h4-10H,3H2,1-2H3. The third-order valence-electron chi connectivity index (χ3n) is 2.03. The molecule has 3 N–H and O–H groups in total. The van der Waals surface area contributed by atoms with Crippen LogP contribution in [-0.4, -0.2) is 35.0 Å². The second-order valence-electron chi connectivity index (χ2n) is 2.89. The lowest BCUT2D eigenvalue weighted by molar-refractivity contribution is 0.139. The quantitative estimate of drug-likeness (QED) is 0.494. The third kappa shape index (κ3) is 1.31. The van der Waals surface area contributed by atoms with Crippen molar-refractivity contribution in [2.24, 2.45) is 5.92 Å². The molecule has 0 radical (unpaired) electrons. The first-order chi connectivity index (χ1) is 4.68. The average Bonchev–Trinajstić information content (AvgIpc) is 2.43. The van der Waals surface area contributed by atoms with Gasteiger partial charge in [0.2, 0.25) is 0 Å². The maximum absolute atomic E-state index is 9.17. The van der Waals surface area contributed by atoms with Gasteiger partial charge >= 0.3 is 0 Å². The topological polar surface area (TPSA) is 52.5 Å². The molecule has 0 aliphatic heterocycles. The van der Waals surface area contributed by atoms with Crippen molar-refractivity contribution in [3.05, 3.63) is 0 Å². The first kappa shape index (κ1) is 7.98. The minimum Gasteiger partial charge on any atom is -0.393 e. The average molecular weight is 145 g/mol. The van der Waals surface area contributed by atoms with Crippen molar-refractivity contribution in [1.82, 2.24) is 5.32 Å². The van der Waals surface area contributed by atoms with Crippen LogP contribution < -0.4 is 5.32 Å². The lowest BCUT2D eigenvalue weighted by Crippen LogP contribution is -2.21. The zero-order chi connectivity index (χ0) is 7.72. The first-order valence-electron chi connectivity index (χ1n) is 3.78. The molecule has 0 amide bonds. The van der Waals surface area contributed by atoms with E-state index >= 15 is 0 Å². The molecule has 1 fully saturated rings. The fraction of sp³-hybridized carbons (Fsp3) is 1.00. The highest BCUT2D eigenvalue weighted by Gasteiger charge is 2.51. The Hall–Kier alpha value is -0.120. The number of aliphatic hydroxyl groups is 2. The zero-order valence-electron chi connectivity index (χ0n) is 6.41. The second kappa shape index (κ2) is 2.86. The van der Waals surface area contributed by atoms with E-state index in [4.69, 9.17) is 10.2 Å². The van der Waals surface area contributed by atoms with E-state index in [9.17, 15) is 0 Å². The number of hydrogen-bond acceptors (Lipinski definition) is 3. The fourth-order valence-electron chi connectivity index (χ4n) is 1.40. The van der Waals surface area contributed by atoms with Gasteiger partial charge in [0.1, 0.15) is 0 Å². The second-order valence-corrected chi connectivity index (χ2v) is 2.89. The van der Waals surface area contributed by atoms with E-state index in [0.29, 0.717) is 0 Å². The number of aliphatic hydroxyl groups excluding tert-OH is 2. The van der Waals surface area contributed by atoms with Crippen molar-refractivity contribution in [3.63, 3.8) is 0 Å². The summed E-state index contributed by atoms with van der Waals surface area (Å²) in [7, 11) is 0. The highest BCUT2D eigenvalue weighted by atomic mass is 16.3. The molecule has 1 rings (SSSR count). The molecular weight excluding hydrogens is 130 g/mol. The minimum absolute atomic E-state index is 0.0555. The third-order valence-corrected chi connectivity index (χ3v) is 2.03. The van der Waals surface area contributed by atoms with E-state index < -0.39 is 0 Å². The van der Waals surface area contributed by atoms with Crippen LogP contribution in [0.15, 0.2) is 0 Å². The van der Waals surface area contributed by atoms with Crippen LogP contribution in [-0.2, 0) is 0 Å². The van der Waals surface area contributed by atoms with Gasteiger partial charge in [0.15, 0.2) is 0 Å². The molecule has 0 saturated heterocycles. The van der Waals surface area contributed by atoms with Crippen LogP contribution in [0, 0.1) is 5.92 Å². The maximum atomic E-state index is 9.17. The Morgan fingerprint density at radius 2 is 2.20 bits per heavy atom. The molecule has 1 aliphatic carbocycles. The molecule has 4 atom stereocenters. The van der Waals surface area contributed by atoms with E-state index in [1.54, 1.807) is 6.92 Å². The van der Waals surface area contributed by atoms with Crippen LogP contribution in [0.5, 0.6) is 0 Å². The highest BCUT2D eigenvalue weighted by molar-refractivity contribution is 5.05. The van der Waals surface area contributed by atoms with Gasteiger partial charge < -0.3 is 15.5 Å². The predicted molar refractivity (Wildman–Crippen MR) is 38.6 cm³/mol. The Bertz CT molecular complexity index is 116.